The molecule has 0 spiro atoms. The Morgan fingerprint density at radius 1 is 1.16 bits per heavy atom. The lowest BCUT2D eigenvalue weighted by molar-refractivity contribution is 0.415. The summed E-state index contributed by atoms with van der Waals surface area (Å²) in [5.74, 6) is 0.846. The van der Waals surface area contributed by atoms with Crippen molar-refractivity contribution in [1.82, 2.24) is 0 Å². The number of thiophene rings is 1. The van der Waals surface area contributed by atoms with Crippen molar-refractivity contribution >= 4 is 28.8 Å². The summed E-state index contributed by atoms with van der Waals surface area (Å²) in [5.41, 5.74) is 3.10. The lowest BCUT2D eigenvalue weighted by atomic mass is 10.2. The van der Waals surface area contributed by atoms with E-state index in [-0.39, 0.29) is 0 Å². The van der Waals surface area contributed by atoms with Crippen LogP contribution in [0.1, 0.15) is 4.88 Å². The highest BCUT2D eigenvalue weighted by atomic mass is 32.1. The first kappa shape index (κ1) is 11.9. The molecule has 0 aliphatic carbocycles. The quantitative estimate of drug-likeness (QED) is 0.879. The molecule has 0 saturated carbocycles. The van der Waals surface area contributed by atoms with Crippen molar-refractivity contribution in [3.8, 4) is 5.75 Å². The molecule has 3 rings (SSSR count). The zero-order valence-corrected chi connectivity index (χ0v) is 11.3. The fourth-order valence-electron chi connectivity index (χ4n) is 1.87. The minimum absolute atomic E-state index is 0.846. The van der Waals surface area contributed by atoms with Crippen molar-refractivity contribution in [3.05, 3.63) is 58.6 Å². The highest BCUT2D eigenvalue weighted by Gasteiger charge is 2.08. The molecule has 2 heterocycles. The van der Waals surface area contributed by atoms with Gasteiger partial charge in [-0.2, -0.15) is 0 Å². The first-order valence-corrected chi connectivity index (χ1v) is 6.86. The second-order valence-electron chi connectivity index (χ2n) is 4.13. The largest absolute Gasteiger partial charge is 0.497 e. The third kappa shape index (κ3) is 2.63. The van der Waals surface area contributed by atoms with E-state index in [1.165, 1.54) is 4.88 Å². The number of nitrogens with one attached hydrogen (secondary N) is 2. The summed E-state index contributed by atoms with van der Waals surface area (Å²) in [6.45, 7) is 0. The van der Waals surface area contributed by atoms with Crippen LogP contribution in [0, 0.1) is 0 Å². The Labute approximate surface area is 116 Å². The molecule has 2 N–H and O–H groups in total. The molecule has 96 valence electrons. The van der Waals surface area contributed by atoms with E-state index in [9.17, 15) is 0 Å². The average molecular weight is 270 g/mol. The van der Waals surface area contributed by atoms with E-state index in [2.05, 4.69) is 34.2 Å². The number of methoxy groups -OCH3 is 1. The Balaban J connectivity index is 1.76. The van der Waals surface area contributed by atoms with Gasteiger partial charge in [0, 0.05) is 17.1 Å². The van der Waals surface area contributed by atoms with Crippen molar-refractivity contribution in [1.29, 1.82) is 0 Å². The molecule has 1 aromatic heterocycles. The maximum atomic E-state index is 5.20. The summed E-state index contributed by atoms with van der Waals surface area (Å²) in [4.78, 5) is 1.24. The average Bonchev–Trinajstić information content (AvgIpc) is 2.97. The smallest absolute Gasteiger partial charge is 0.121 e. The highest BCUT2D eigenvalue weighted by Crippen LogP contribution is 2.31. The van der Waals surface area contributed by atoms with Gasteiger partial charge in [-0.1, -0.05) is 6.07 Å². The topological polar surface area (TPSA) is 33.3 Å². The van der Waals surface area contributed by atoms with Gasteiger partial charge in [-0.15, -0.1) is 11.3 Å². The molecule has 3 nitrogen and oxygen atoms in total. The van der Waals surface area contributed by atoms with Crippen LogP contribution >= 0.6 is 11.3 Å². The van der Waals surface area contributed by atoms with Gasteiger partial charge in [-0.3, -0.25) is 0 Å². The van der Waals surface area contributed by atoms with Crippen molar-refractivity contribution in [3.63, 3.8) is 0 Å². The molecule has 0 fully saturated rings. The molecule has 1 aromatic carbocycles. The minimum atomic E-state index is 0.846. The predicted molar refractivity (Wildman–Crippen MR) is 81.7 cm³/mol. The van der Waals surface area contributed by atoms with Crippen LogP contribution in [0.5, 0.6) is 5.75 Å². The predicted octanol–water partition coefficient (Wildman–Crippen LogP) is 4.15. The maximum Gasteiger partial charge on any atom is 0.121 e. The summed E-state index contributed by atoms with van der Waals surface area (Å²) in [6.07, 6.45) is 6.11. The van der Waals surface area contributed by atoms with Crippen LogP contribution in [0.25, 0.3) is 6.08 Å². The van der Waals surface area contributed by atoms with E-state index < -0.39 is 0 Å². The van der Waals surface area contributed by atoms with Crippen molar-refractivity contribution in [2.45, 2.75) is 0 Å². The Morgan fingerprint density at radius 3 is 2.89 bits per heavy atom. The van der Waals surface area contributed by atoms with Gasteiger partial charge in [-0.05, 0) is 35.7 Å². The minimum Gasteiger partial charge on any atom is -0.497 e. The molecule has 0 saturated heterocycles. The molecule has 0 radical (unpaired) electrons. The van der Waals surface area contributed by atoms with Crippen LogP contribution in [0.2, 0.25) is 0 Å². The third-order valence-corrected chi connectivity index (χ3v) is 3.70. The zero-order chi connectivity index (χ0) is 13.1. The van der Waals surface area contributed by atoms with E-state index in [4.69, 9.17) is 4.74 Å². The summed E-state index contributed by atoms with van der Waals surface area (Å²) in [5, 5.41) is 8.71. The van der Waals surface area contributed by atoms with E-state index in [1.54, 1.807) is 18.4 Å². The molecule has 1 aliphatic rings. The van der Waals surface area contributed by atoms with Gasteiger partial charge < -0.3 is 15.4 Å². The first-order chi connectivity index (χ1) is 9.35. The number of allylic oxidation sites excluding steroid dienone is 1. The van der Waals surface area contributed by atoms with Gasteiger partial charge in [0.25, 0.3) is 0 Å². The number of anilines is 2. The lowest BCUT2D eigenvalue weighted by Gasteiger charge is -2.19. The van der Waals surface area contributed by atoms with Crippen molar-refractivity contribution < 1.29 is 4.74 Å². The van der Waals surface area contributed by atoms with Gasteiger partial charge in [0.05, 0.1) is 24.2 Å². The molecule has 2 aromatic rings. The molecule has 4 heteroatoms. The van der Waals surface area contributed by atoms with Crippen LogP contribution < -0.4 is 15.4 Å². The van der Waals surface area contributed by atoms with Gasteiger partial charge in [0.15, 0.2) is 0 Å². The number of hydrogen-bond donors (Lipinski definition) is 2. The highest BCUT2D eigenvalue weighted by molar-refractivity contribution is 7.10. The van der Waals surface area contributed by atoms with E-state index >= 15 is 0 Å². The lowest BCUT2D eigenvalue weighted by Crippen LogP contribution is -2.08. The van der Waals surface area contributed by atoms with Crippen LogP contribution in [0.3, 0.4) is 0 Å². The fourth-order valence-corrected chi connectivity index (χ4v) is 2.49. The van der Waals surface area contributed by atoms with Crippen LogP contribution in [0.15, 0.2) is 53.7 Å². The number of rotatable bonds is 3. The standard InChI is InChI=1S/C15H14N2OS/c1-18-12-5-7-14-15(9-12)16-10-11(17-14)4-6-13-3-2-8-19-13/h2-10,16-17H,1H3. The summed E-state index contributed by atoms with van der Waals surface area (Å²) >= 11 is 1.72. The molecule has 1 aliphatic heterocycles. The summed E-state index contributed by atoms with van der Waals surface area (Å²) in [6, 6.07) is 10.1. The number of fused-ring (bicyclic) bond motifs is 1. The Hall–Kier alpha value is -2.20. The number of hydrogen-bond acceptors (Lipinski definition) is 4. The van der Waals surface area contributed by atoms with Gasteiger partial charge in [0.1, 0.15) is 5.75 Å². The molecule has 0 atom stereocenters. The Morgan fingerprint density at radius 2 is 2.11 bits per heavy atom. The maximum absolute atomic E-state index is 5.20. The van der Waals surface area contributed by atoms with E-state index in [1.807, 2.05) is 30.5 Å². The molecule has 0 amide bonds. The fraction of sp³-hybridized carbons (Fsp3) is 0.0667. The normalized spacial score (nSPS) is 13.4. The SMILES string of the molecule is COc1ccc2c(c1)NC=C(C=Cc1cccs1)N2. The second kappa shape index (κ2) is 5.20. The first-order valence-electron chi connectivity index (χ1n) is 5.98. The molecule has 19 heavy (non-hydrogen) atoms. The van der Waals surface area contributed by atoms with Crippen LogP contribution in [-0.2, 0) is 0 Å². The number of benzene rings is 1. The van der Waals surface area contributed by atoms with Crippen molar-refractivity contribution in [2.24, 2.45) is 0 Å². The Kier molecular flexibility index (Phi) is 3.25. The van der Waals surface area contributed by atoms with Crippen molar-refractivity contribution in [2.75, 3.05) is 17.7 Å². The van der Waals surface area contributed by atoms with E-state index in [0.717, 1.165) is 22.8 Å². The third-order valence-electron chi connectivity index (χ3n) is 2.86. The molecular formula is C15H14N2OS. The van der Waals surface area contributed by atoms with Crippen LogP contribution in [-0.4, -0.2) is 7.11 Å². The van der Waals surface area contributed by atoms with Gasteiger partial charge >= 0.3 is 0 Å². The van der Waals surface area contributed by atoms with Crippen LogP contribution in [0.4, 0.5) is 11.4 Å². The molecule has 0 bridgehead atoms. The summed E-state index contributed by atoms with van der Waals surface area (Å²) in [7, 11) is 1.67. The Bertz CT molecular complexity index is 630. The molecule has 0 unspecified atom stereocenters. The monoisotopic (exact) mass is 270 g/mol. The molecular weight excluding hydrogens is 256 g/mol. The zero-order valence-electron chi connectivity index (χ0n) is 10.5. The van der Waals surface area contributed by atoms with Gasteiger partial charge in [0.2, 0.25) is 0 Å². The summed E-state index contributed by atoms with van der Waals surface area (Å²) < 4.78 is 5.20. The van der Waals surface area contributed by atoms with E-state index in [0.29, 0.717) is 0 Å². The van der Waals surface area contributed by atoms with Gasteiger partial charge in [-0.25, -0.2) is 0 Å². The number of ether oxygens (including phenoxy) is 1. The second-order valence-corrected chi connectivity index (χ2v) is 5.11.